The quantitative estimate of drug-likeness (QED) is 0.666. The van der Waals surface area contributed by atoms with Gasteiger partial charge in [0.1, 0.15) is 44.3 Å². The number of quaternary nitrogens is 2. The minimum Gasteiger partial charge on any atom is -0.496 e. The third kappa shape index (κ3) is 3.95. The highest BCUT2D eigenvalue weighted by Crippen LogP contribution is 2.25. The second-order valence-corrected chi connectivity index (χ2v) is 8.15. The molecule has 0 unspecified atom stereocenters. The topological polar surface area (TPSA) is 55.5 Å². The van der Waals surface area contributed by atoms with Gasteiger partial charge in [0.05, 0.1) is 24.8 Å². The third-order valence-corrected chi connectivity index (χ3v) is 6.28. The minimum atomic E-state index is -0.317. The maximum atomic E-state index is 13.6. The van der Waals surface area contributed by atoms with Gasteiger partial charge in [0, 0.05) is 0 Å². The van der Waals surface area contributed by atoms with Crippen LogP contribution in [-0.4, -0.2) is 51.1 Å². The molecule has 158 valence electrons. The van der Waals surface area contributed by atoms with Gasteiger partial charge < -0.3 is 14.5 Å². The molecule has 2 saturated heterocycles. The molecule has 7 heteroatoms. The molecule has 2 heterocycles. The molecule has 0 spiro atoms. The maximum Gasteiger partial charge on any atom is 0.292 e. The first-order valence-electron chi connectivity index (χ1n) is 10.4. The number of nitrogens with one attached hydrogen (secondary N) is 2. The van der Waals surface area contributed by atoms with Crippen molar-refractivity contribution in [2.45, 2.75) is 25.9 Å². The van der Waals surface area contributed by atoms with Gasteiger partial charge >= 0.3 is 0 Å². The van der Waals surface area contributed by atoms with Crippen molar-refractivity contribution in [1.82, 2.24) is 0 Å². The van der Waals surface area contributed by atoms with Crippen LogP contribution in [0.25, 0.3) is 0 Å². The number of methoxy groups -OCH3 is 1. The molecule has 1 atom stereocenters. The first-order valence-corrected chi connectivity index (χ1v) is 10.4. The van der Waals surface area contributed by atoms with Gasteiger partial charge in [-0.15, -0.1) is 0 Å². The number of aryl methyl sites for hydroxylation is 1. The summed E-state index contributed by atoms with van der Waals surface area (Å²) in [5.74, 6) is 0.218. The lowest BCUT2D eigenvalue weighted by Crippen LogP contribution is -3.29. The van der Waals surface area contributed by atoms with E-state index in [0.717, 1.165) is 37.3 Å². The number of hydrogen-bond donors (Lipinski definition) is 2. The predicted octanol–water partition coefficient (Wildman–Crippen LogP) is -0.242. The number of ether oxygens (including phenoxy) is 1. The summed E-state index contributed by atoms with van der Waals surface area (Å²) < 4.78 is 19.0. The Hall–Kier alpha value is -2.77. The normalized spacial score (nSPS) is 24.4. The average molecular weight is 413 g/mol. The lowest BCUT2D eigenvalue weighted by Gasteiger charge is -2.32. The van der Waals surface area contributed by atoms with Crippen molar-refractivity contribution in [3.8, 4) is 5.75 Å². The smallest absolute Gasteiger partial charge is 0.292 e. The fourth-order valence-corrected chi connectivity index (χ4v) is 4.62. The first kappa shape index (κ1) is 20.5. The van der Waals surface area contributed by atoms with Crippen LogP contribution in [0.1, 0.15) is 17.5 Å². The van der Waals surface area contributed by atoms with Crippen LogP contribution >= 0.6 is 0 Å². The van der Waals surface area contributed by atoms with Gasteiger partial charge in [-0.25, -0.2) is 9.29 Å². The SMILES string of the molecule is COc1ccc(F)cc1C[NH+]1CC[NH+]([C@H]2CC(=O)N(c3ccccc3C)C2=O)CC1. The summed E-state index contributed by atoms with van der Waals surface area (Å²) in [6.45, 7) is 5.92. The minimum absolute atomic E-state index is 0.0976. The number of amides is 2. The molecule has 2 aliphatic rings. The van der Waals surface area contributed by atoms with Crippen LogP contribution in [0, 0.1) is 12.7 Å². The summed E-state index contributed by atoms with van der Waals surface area (Å²) in [4.78, 5) is 29.6. The van der Waals surface area contributed by atoms with Gasteiger partial charge in [0.2, 0.25) is 5.91 Å². The number of halogens is 1. The van der Waals surface area contributed by atoms with E-state index in [1.807, 2.05) is 31.2 Å². The van der Waals surface area contributed by atoms with Crippen LogP contribution in [0.2, 0.25) is 0 Å². The maximum absolute atomic E-state index is 13.6. The van der Waals surface area contributed by atoms with E-state index >= 15 is 0 Å². The van der Waals surface area contributed by atoms with Gasteiger partial charge in [-0.1, -0.05) is 18.2 Å². The molecule has 0 aliphatic carbocycles. The van der Waals surface area contributed by atoms with Crippen LogP contribution in [0.4, 0.5) is 10.1 Å². The Morgan fingerprint density at radius 1 is 1.10 bits per heavy atom. The van der Waals surface area contributed by atoms with Gasteiger partial charge in [0.15, 0.2) is 6.04 Å². The number of nitrogens with zero attached hydrogens (tertiary/aromatic N) is 1. The molecular weight excluding hydrogens is 385 g/mol. The number of rotatable bonds is 5. The number of imide groups is 1. The summed E-state index contributed by atoms with van der Waals surface area (Å²) in [6.07, 6.45) is 0.259. The number of carbonyl (C=O) groups excluding carboxylic acids is 2. The van der Waals surface area contributed by atoms with Crippen molar-refractivity contribution in [2.24, 2.45) is 0 Å². The van der Waals surface area contributed by atoms with Crippen LogP contribution in [-0.2, 0) is 16.1 Å². The molecule has 6 nitrogen and oxygen atoms in total. The molecule has 2 aromatic carbocycles. The molecule has 0 radical (unpaired) electrons. The molecule has 0 bridgehead atoms. The molecular formula is C23H28FN3O3+2. The summed E-state index contributed by atoms with van der Waals surface area (Å²) in [7, 11) is 1.59. The molecule has 30 heavy (non-hydrogen) atoms. The zero-order valence-corrected chi connectivity index (χ0v) is 17.4. The summed E-state index contributed by atoms with van der Waals surface area (Å²) in [5.41, 5.74) is 2.47. The number of anilines is 1. The van der Waals surface area contributed by atoms with Gasteiger partial charge in [-0.05, 0) is 36.8 Å². The van der Waals surface area contributed by atoms with Crippen LogP contribution in [0.3, 0.4) is 0 Å². The van der Waals surface area contributed by atoms with Gasteiger partial charge in [-0.2, -0.15) is 0 Å². The molecule has 0 aromatic heterocycles. The number of benzene rings is 2. The Morgan fingerprint density at radius 2 is 1.83 bits per heavy atom. The molecule has 2 aromatic rings. The molecule has 2 fully saturated rings. The second-order valence-electron chi connectivity index (χ2n) is 8.15. The monoisotopic (exact) mass is 413 g/mol. The standard InChI is InChI=1S/C23H26FN3O3/c1-16-5-3-4-6-19(16)27-22(28)14-20(23(27)29)26-11-9-25(10-12-26)15-17-13-18(24)7-8-21(17)30-2/h3-8,13,20H,9-12,14-15H2,1-2H3/p+2/t20-/m0/s1. The van der Waals surface area contributed by atoms with E-state index in [4.69, 9.17) is 4.74 Å². The molecule has 2 amide bonds. The summed E-state index contributed by atoms with van der Waals surface area (Å²) in [5, 5.41) is 0. The Balaban J connectivity index is 1.40. The van der Waals surface area contributed by atoms with Crippen LogP contribution in [0.5, 0.6) is 5.75 Å². The highest BCUT2D eigenvalue weighted by atomic mass is 19.1. The Morgan fingerprint density at radius 3 is 2.53 bits per heavy atom. The number of piperazine rings is 1. The Kier molecular flexibility index (Phi) is 5.83. The summed E-state index contributed by atoms with van der Waals surface area (Å²) in [6, 6.07) is 11.8. The second kappa shape index (κ2) is 8.53. The lowest BCUT2D eigenvalue weighted by atomic mass is 10.1. The van der Waals surface area contributed by atoms with Crippen molar-refractivity contribution in [3.63, 3.8) is 0 Å². The van der Waals surface area contributed by atoms with E-state index in [2.05, 4.69) is 0 Å². The van der Waals surface area contributed by atoms with E-state index in [0.29, 0.717) is 18.0 Å². The zero-order chi connectivity index (χ0) is 21.3. The van der Waals surface area contributed by atoms with Crippen LogP contribution < -0.4 is 19.4 Å². The first-order chi connectivity index (χ1) is 14.5. The number of carbonyl (C=O) groups is 2. The molecule has 4 rings (SSSR count). The fourth-order valence-electron chi connectivity index (χ4n) is 4.62. The third-order valence-electron chi connectivity index (χ3n) is 6.28. The lowest BCUT2D eigenvalue weighted by molar-refractivity contribution is -1.02. The fraction of sp³-hybridized carbons (Fsp3) is 0.391. The molecule has 2 N–H and O–H groups in total. The van der Waals surface area contributed by atoms with Crippen molar-refractivity contribution in [2.75, 3.05) is 38.2 Å². The van der Waals surface area contributed by atoms with E-state index in [9.17, 15) is 14.0 Å². The van der Waals surface area contributed by atoms with Crippen molar-refractivity contribution in [1.29, 1.82) is 0 Å². The van der Waals surface area contributed by atoms with E-state index in [-0.39, 0.29) is 30.1 Å². The highest BCUT2D eigenvalue weighted by Gasteiger charge is 2.47. The van der Waals surface area contributed by atoms with Crippen molar-refractivity contribution < 1.29 is 28.5 Å². The summed E-state index contributed by atoms with van der Waals surface area (Å²) >= 11 is 0. The average Bonchev–Trinajstić information content (AvgIpc) is 3.03. The van der Waals surface area contributed by atoms with E-state index in [1.165, 1.54) is 26.8 Å². The van der Waals surface area contributed by atoms with Gasteiger partial charge in [0.25, 0.3) is 5.91 Å². The van der Waals surface area contributed by atoms with Gasteiger partial charge in [-0.3, -0.25) is 9.59 Å². The Labute approximate surface area is 175 Å². The molecule has 2 aliphatic heterocycles. The van der Waals surface area contributed by atoms with Crippen LogP contribution in [0.15, 0.2) is 42.5 Å². The predicted molar refractivity (Wildman–Crippen MR) is 110 cm³/mol. The van der Waals surface area contributed by atoms with Crippen molar-refractivity contribution in [3.05, 3.63) is 59.4 Å². The number of para-hydroxylation sites is 1. The van der Waals surface area contributed by atoms with E-state index in [1.54, 1.807) is 13.2 Å². The number of hydrogen-bond acceptors (Lipinski definition) is 3. The highest BCUT2D eigenvalue weighted by molar-refractivity contribution is 6.22. The molecule has 0 saturated carbocycles. The largest absolute Gasteiger partial charge is 0.496 e. The Bertz CT molecular complexity index is 956. The van der Waals surface area contributed by atoms with Crippen molar-refractivity contribution >= 4 is 17.5 Å². The zero-order valence-electron chi connectivity index (χ0n) is 17.4. The van der Waals surface area contributed by atoms with E-state index < -0.39 is 0 Å².